The van der Waals surface area contributed by atoms with Gasteiger partial charge in [-0.05, 0) is 41.3 Å². The molecule has 7 nitrogen and oxygen atoms in total. The van der Waals surface area contributed by atoms with Crippen LogP contribution in [0, 0.1) is 11.8 Å². The number of hydrogen-bond acceptors (Lipinski definition) is 5. The van der Waals surface area contributed by atoms with E-state index in [1.54, 1.807) is 12.1 Å². The van der Waals surface area contributed by atoms with Crippen LogP contribution in [0.5, 0.6) is 5.75 Å². The summed E-state index contributed by atoms with van der Waals surface area (Å²) in [4.78, 5) is 52.5. The van der Waals surface area contributed by atoms with Gasteiger partial charge in [0.2, 0.25) is 11.8 Å². The third-order valence-corrected chi connectivity index (χ3v) is 7.08. The van der Waals surface area contributed by atoms with E-state index in [-0.39, 0.29) is 53.8 Å². The van der Waals surface area contributed by atoms with Crippen molar-refractivity contribution >= 4 is 34.5 Å². The van der Waals surface area contributed by atoms with Gasteiger partial charge in [-0.2, -0.15) is 0 Å². The molecule has 1 aliphatic heterocycles. The van der Waals surface area contributed by atoms with Crippen LogP contribution < -0.4 is 10.1 Å². The number of amides is 3. The lowest BCUT2D eigenvalue weighted by atomic mass is 9.81. The predicted octanol–water partition coefficient (Wildman–Crippen LogP) is 4.24. The molecule has 1 aliphatic carbocycles. The third-order valence-electron chi connectivity index (χ3n) is 7.08. The Morgan fingerprint density at radius 2 is 1.47 bits per heavy atom. The molecule has 2 atom stereocenters. The van der Waals surface area contributed by atoms with Crippen molar-refractivity contribution in [2.75, 3.05) is 6.54 Å². The van der Waals surface area contributed by atoms with E-state index >= 15 is 0 Å². The molecule has 1 saturated heterocycles. The van der Waals surface area contributed by atoms with Crippen molar-refractivity contribution < 1.29 is 23.9 Å². The Morgan fingerprint density at radius 1 is 0.861 bits per heavy atom. The second-order valence-electron chi connectivity index (χ2n) is 9.41. The molecule has 0 unspecified atom stereocenters. The summed E-state index contributed by atoms with van der Waals surface area (Å²) in [5.74, 6) is -1.66. The first-order valence-electron chi connectivity index (χ1n) is 12.4. The van der Waals surface area contributed by atoms with Crippen LogP contribution in [0.15, 0.2) is 66.7 Å². The Bertz CT molecular complexity index is 1300. The van der Waals surface area contributed by atoms with Gasteiger partial charge in [-0.15, -0.1) is 0 Å². The van der Waals surface area contributed by atoms with Crippen LogP contribution >= 0.6 is 0 Å². The second kappa shape index (κ2) is 10.3. The average Bonchev–Trinajstić information content (AvgIpc) is 3.15. The van der Waals surface area contributed by atoms with Crippen molar-refractivity contribution in [3.8, 4) is 5.75 Å². The Hall–Kier alpha value is -4.00. The molecule has 36 heavy (non-hydrogen) atoms. The van der Waals surface area contributed by atoms with Gasteiger partial charge in [0.1, 0.15) is 5.75 Å². The molecule has 3 aromatic carbocycles. The topological polar surface area (TPSA) is 92.8 Å². The number of ether oxygens (including phenoxy) is 1. The molecule has 7 heteroatoms. The first-order chi connectivity index (χ1) is 17.5. The fourth-order valence-corrected chi connectivity index (χ4v) is 5.18. The highest BCUT2D eigenvalue weighted by Gasteiger charge is 2.47. The Kier molecular flexibility index (Phi) is 6.80. The quantitative estimate of drug-likeness (QED) is 0.308. The molecule has 5 rings (SSSR count). The first-order valence-corrected chi connectivity index (χ1v) is 12.4. The van der Waals surface area contributed by atoms with Crippen LogP contribution in [-0.4, -0.2) is 35.1 Å². The number of nitrogens with zero attached hydrogens (tertiary/aromatic N) is 1. The number of nitrogens with one attached hydrogen (secondary N) is 1. The van der Waals surface area contributed by atoms with Gasteiger partial charge in [0, 0.05) is 13.1 Å². The molecule has 0 spiro atoms. The molecule has 184 valence electrons. The SMILES string of the molecule is O=C(CCN1C(=O)[C@@H]2CCCC[C@H]2C1=O)Oc1cc2ccccc2cc1C(=O)NCc1ccccc1. The maximum Gasteiger partial charge on any atom is 0.313 e. The maximum atomic E-state index is 13.1. The van der Waals surface area contributed by atoms with E-state index in [4.69, 9.17) is 4.74 Å². The molecule has 3 amide bonds. The number of benzene rings is 3. The van der Waals surface area contributed by atoms with Gasteiger partial charge in [-0.25, -0.2) is 0 Å². The van der Waals surface area contributed by atoms with E-state index in [9.17, 15) is 19.2 Å². The monoisotopic (exact) mass is 484 g/mol. The van der Waals surface area contributed by atoms with Crippen LogP contribution in [0.2, 0.25) is 0 Å². The molecular weight excluding hydrogens is 456 g/mol. The van der Waals surface area contributed by atoms with Crippen molar-refractivity contribution in [3.05, 3.63) is 77.9 Å². The minimum Gasteiger partial charge on any atom is -0.426 e. The molecule has 0 radical (unpaired) electrons. The van der Waals surface area contributed by atoms with Gasteiger partial charge in [-0.1, -0.05) is 67.4 Å². The highest BCUT2D eigenvalue weighted by Crippen LogP contribution is 2.38. The highest BCUT2D eigenvalue weighted by molar-refractivity contribution is 6.05. The average molecular weight is 485 g/mol. The van der Waals surface area contributed by atoms with Crippen LogP contribution in [0.25, 0.3) is 10.8 Å². The largest absolute Gasteiger partial charge is 0.426 e. The molecule has 0 bridgehead atoms. The summed E-state index contributed by atoms with van der Waals surface area (Å²) in [7, 11) is 0. The first kappa shape index (κ1) is 23.7. The minimum absolute atomic E-state index is 0.00732. The highest BCUT2D eigenvalue weighted by atomic mass is 16.5. The fraction of sp³-hybridized carbons (Fsp3) is 0.310. The number of hydrogen-bond donors (Lipinski definition) is 1. The van der Waals surface area contributed by atoms with Crippen LogP contribution in [0.4, 0.5) is 0 Å². The van der Waals surface area contributed by atoms with E-state index in [0.29, 0.717) is 6.54 Å². The van der Waals surface area contributed by atoms with E-state index in [1.165, 1.54) is 4.90 Å². The number of likely N-dealkylation sites (tertiary alicyclic amines) is 1. The molecule has 2 fully saturated rings. The van der Waals surface area contributed by atoms with Crippen LogP contribution in [-0.2, 0) is 20.9 Å². The number of fused-ring (bicyclic) bond motifs is 2. The van der Waals surface area contributed by atoms with Crippen LogP contribution in [0.1, 0.15) is 48.0 Å². The lowest BCUT2D eigenvalue weighted by Crippen LogP contribution is -2.33. The summed E-state index contributed by atoms with van der Waals surface area (Å²) in [5.41, 5.74) is 1.20. The number of carbonyl (C=O) groups is 4. The zero-order valence-corrected chi connectivity index (χ0v) is 19.9. The summed E-state index contributed by atoms with van der Waals surface area (Å²) in [6.07, 6.45) is 3.23. The zero-order chi connectivity index (χ0) is 25.1. The standard InChI is InChI=1S/C29H28N2O5/c32-26(14-15-31-28(34)22-12-6-7-13-23(22)29(31)35)36-25-17-21-11-5-4-10-20(21)16-24(25)27(33)30-18-19-8-2-1-3-9-19/h1-5,8-11,16-17,22-23H,6-7,12-15,18H2,(H,30,33)/t22-,23-/m1/s1. The van der Waals surface area contributed by atoms with E-state index in [0.717, 1.165) is 42.0 Å². The normalized spacial score (nSPS) is 19.3. The van der Waals surface area contributed by atoms with Crippen molar-refractivity contribution in [1.29, 1.82) is 0 Å². The summed E-state index contributed by atoms with van der Waals surface area (Å²) in [6.45, 7) is 0.327. The smallest absolute Gasteiger partial charge is 0.313 e. The maximum absolute atomic E-state index is 13.1. The zero-order valence-electron chi connectivity index (χ0n) is 19.9. The number of carbonyl (C=O) groups excluding carboxylic acids is 4. The van der Waals surface area contributed by atoms with E-state index in [2.05, 4.69) is 5.32 Å². The van der Waals surface area contributed by atoms with Gasteiger partial charge >= 0.3 is 5.97 Å². The minimum atomic E-state index is -0.599. The molecule has 1 heterocycles. The summed E-state index contributed by atoms with van der Waals surface area (Å²) >= 11 is 0. The molecule has 3 aromatic rings. The number of imide groups is 1. The third kappa shape index (κ3) is 4.87. The lowest BCUT2D eigenvalue weighted by molar-refractivity contribution is -0.141. The lowest BCUT2D eigenvalue weighted by Gasteiger charge is -2.19. The molecular formula is C29H28N2O5. The van der Waals surface area contributed by atoms with Crippen molar-refractivity contribution in [2.45, 2.75) is 38.6 Å². The van der Waals surface area contributed by atoms with Crippen LogP contribution in [0.3, 0.4) is 0 Å². The van der Waals surface area contributed by atoms with Gasteiger partial charge < -0.3 is 10.1 Å². The second-order valence-corrected chi connectivity index (χ2v) is 9.41. The van der Waals surface area contributed by atoms with Gasteiger partial charge in [0.05, 0.1) is 23.8 Å². The summed E-state index contributed by atoms with van der Waals surface area (Å²) < 4.78 is 5.63. The molecule has 1 N–H and O–H groups in total. The summed E-state index contributed by atoms with van der Waals surface area (Å²) in [5, 5.41) is 4.56. The Morgan fingerprint density at radius 3 is 2.14 bits per heavy atom. The van der Waals surface area contributed by atoms with E-state index < -0.39 is 5.97 Å². The van der Waals surface area contributed by atoms with E-state index in [1.807, 2.05) is 54.6 Å². The number of rotatable bonds is 7. The Labute approximate surface area is 209 Å². The molecule has 2 aliphatic rings. The van der Waals surface area contributed by atoms with Gasteiger partial charge in [0.15, 0.2) is 0 Å². The molecule has 1 saturated carbocycles. The van der Waals surface area contributed by atoms with Crippen molar-refractivity contribution in [2.24, 2.45) is 11.8 Å². The summed E-state index contributed by atoms with van der Waals surface area (Å²) in [6, 6.07) is 20.4. The predicted molar refractivity (Wildman–Crippen MR) is 134 cm³/mol. The fourth-order valence-electron chi connectivity index (χ4n) is 5.18. The van der Waals surface area contributed by atoms with Gasteiger partial charge in [0.25, 0.3) is 5.91 Å². The molecule has 0 aromatic heterocycles. The van der Waals surface area contributed by atoms with Crippen molar-refractivity contribution in [3.63, 3.8) is 0 Å². The Balaban J connectivity index is 1.29. The van der Waals surface area contributed by atoms with Crippen molar-refractivity contribution in [1.82, 2.24) is 10.2 Å². The number of esters is 1. The van der Waals surface area contributed by atoms with Gasteiger partial charge in [-0.3, -0.25) is 24.1 Å².